The lowest BCUT2D eigenvalue weighted by molar-refractivity contribution is -0.138. The second-order valence-corrected chi connectivity index (χ2v) is 13.2. The number of carbonyl (C=O) groups excluding carboxylic acids is 3. The van der Waals surface area contributed by atoms with Crippen molar-refractivity contribution >= 4 is 34.3 Å². The van der Waals surface area contributed by atoms with Crippen molar-refractivity contribution in [1.29, 1.82) is 0 Å². The van der Waals surface area contributed by atoms with Crippen LogP contribution in [0, 0.1) is 11.8 Å². The topological polar surface area (TPSA) is 89.4 Å². The maximum absolute atomic E-state index is 14.3. The van der Waals surface area contributed by atoms with E-state index in [0.717, 1.165) is 53.3 Å². The molecule has 4 aliphatic rings. The van der Waals surface area contributed by atoms with Crippen LogP contribution in [0.4, 0.5) is 0 Å². The standard InChI is InChI=1S/C35H40N6O3/c1-38(2)23-31(42)39-17-13-35(14-18-39)34(44)41(22-24-12-16-40(21-24)33(43)27-7-8-27)32(37-35)26-5-3-25(4-6-26)28-9-10-30-20-36-15-11-29(30)19-28/h3-6,9-11,15,19-20,24,27H,7-8,12-14,16-18,21-23H2,1-2H3. The van der Waals surface area contributed by atoms with Gasteiger partial charge in [0.05, 0.1) is 6.54 Å². The van der Waals surface area contributed by atoms with Gasteiger partial charge in [-0.1, -0.05) is 36.4 Å². The number of nitrogens with zero attached hydrogens (tertiary/aromatic N) is 6. The number of pyridine rings is 1. The van der Waals surface area contributed by atoms with Crippen molar-refractivity contribution in [2.75, 3.05) is 53.4 Å². The van der Waals surface area contributed by atoms with E-state index in [4.69, 9.17) is 4.99 Å². The summed E-state index contributed by atoms with van der Waals surface area (Å²) in [7, 11) is 3.78. The van der Waals surface area contributed by atoms with Crippen molar-refractivity contribution in [2.24, 2.45) is 16.8 Å². The van der Waals surface area contributed by atoms with E-state index in [9.17, 15) is 14.4 Å². The van der Waals surface area contributed by atoms with Gasteiger partial charge in [-0.15, -0.1) is 0 Å². The van der Waals surface area contributed by atoms with E-state index in [0.29, 0.717) is 51.4 Å². The Labute approximate surface area is 258 Å². The first-order chi connectivity index (χ1) is 21.3. The fourth-order valence-electron chi connectivity index (χ4n) is 6.97. The molecule has 1 unspecified atom stereocenters. The highest BCUT2D eigenvalue weighted by atomic mass is 16.2. The molecular formula is C35H40N6O3. The minimum atomic E-state index is -0.850. The average molecular weight is 593 g/mol. The van der Waals surface area contributed by atoms with Gasteiger partial charge in [-0.25, -0.2) is 0 Å². The van der Waals surface area contributed by atoms with Gasteiger partial charge in [0.1, 0.15) is 11.4 Å². The summed E-state index contributed by atoms with van der Waals surface area (Å²) in [6.45, 7) is 3.41. The molecule has 3 amide bonds. The molecule has 7 rings (SSSR count). The lowest BCUT2D eigenvalue weighted by atomic mass is 9.87. The number of amidine groups is 1. The third kappa shape index (κ3) is 5.49. The number of piperidine rings is 1. The summed E-state index contributed by atoms with van der Waals surface area (Å²) in [4.78, 5) is 56.8. The summed E-state index contributed by atoms with van der Waals surface area (Å²) < 4.78 is 0. The number of aromatic nitrogens is 1. The number of aliphatic imine (C=N–C) groups is 1. The zero-order valence-electron chi connectivity index (χ0n) is 25.6. The Bertz CT molecular complexity index is 1620. The zero-order valence-corrected chi connectivity index (χ0v) is 25.6. The Kier molecular flexibility index (Phi) is 7.44. The van der Waals surface area contributed by atoms with Crippen LogP contribution in [0.1, 0.15) is 37.7 Å². The van der Waals surface area contributed by atoms with Gasteiger partial charge in [-0.05, 0) is 80.8 Å². The van der Waals surface area contributed by atoms with E-state index in [2.05, 4.69) is 47.4 Å². The molecule has 1 spiro atoms. The molecule has 44 heavy (non-hydrogen) atoms. The van der Waals surface area contributed by atoms with Crippen molar-refractivity contribution in [3.8, 4) is 11.1 Å². The highest BCUT2D eigenvalue weighted by molar-refractivity contribution is 6.15. The van der Waals surface area contributed by atoms with Crippen LogP contribution in [0.25, 0.3) is 21.9 Å². The zero-order chi connectivity index (χ0) is 30.4. The lowest BCUT2D eigenvalue weighted by Gasteiger charge is -2.37. The quantitative estimate of drug-likeness (QED) is 0.418. The number of likely N-dealkylation sites (tertiary alicyclic amines) is 2. The minimum Gasteiger partial charge on any atom is -0.342 e. The second-order valence-electron chi connectivity index (χ2n) is 13.2. The number of likely N-dealkylation sites (N-methyl/N-ethyl adjacent to an activating group) is 1. The van der Waals surface area contributed by atoms with E-state index in [-0.39, 0.29) is 29.6 Å². The van der Waals surface area contributed by atoms with Gasteiger partial charge in [0.25, 0.3) is 5.91 Å². The molecule has 228 valence electrons. The first-order valence-corrected chi connectivity index (χ1v) is 15.9. The second kappa shape index (κ2) is 11.4. The molecule has 2 saturated heterocycles. The van der Waals surface area contributed by atoms with Gasteiger partial charge in [0.15, 0.2) is 0 Å². The fraction of sp³-hybridized carbons (Fsp3) is 0.457. The molecule has 0 radical (unpaired) electrons. The number of hydrogen-bond acceptors (Lipinski definition) is 6. The van der Waals surface area contributed by atoms with Gasteiger partial charge in [-0.3, -0.25) is 29.3 Å². The predicted molar refractivity (Wildman–Crippen MR) is 170 cm³/mol. The molecule has 1 aliphatic carbocycles. The number of carbonyl (C=O) groups is 3. The number of hydrogen-bond donors (Lipinski definition) is 0. The Balaban J connectivity index is 1.14. The molecule has 3 aliphatic heterocycles. The van der Waals surface area contributed by atoms with Crippen molar-refractivity contribution in [3.05, 3.63) is 66.5 Å². The third-order valence-electron chi connectivity index (χ3n) is 9.70. The highest BCUT2D eigenvalue weighted by Gasteiger charge is 2.51. The monoisotopic (exact) mass is 592 g/mol. The van der Waals surface area contributed by atoms with Crippen LogP contribution in [0.3, 0.4) is 0 Å². The molecule has 4 heterocycles. The van der Waals surface area contributed by atoms with Crippen LogP contribution in [0.2, 0.25) is 0 Å². The van der Waals surface area contributed by atoms with Gasteiger partial charge in [-0.2, -0.15) is 0 Å². The van der Waals surface area contributed by atoms with Crippen molar-refractivity contribution < 1.29 is 14.4 Å². The number of rotatable bonds is 7. The average Bonchev–Trinajstić information content (AvgIpc) is 3.73. The van der Waals surface area contributed by atoms with Crippen LogP contribution in [0.15, 0.2) is 65.9 Å². The van der Waals surface area contributed by atoms with E-state index < -0.39 is 5.54 Å². The predicted octanol–water partition coefficient (Wildman–Crippen LogP) is 3.67. The summed E-state index contributed by atoms with van der Waals surface area (Å²) in [5, 5.41) is 2.24. The van der Waals surface area contributed by atoms with Crippen LogP contribution < -0.4 is 0 Å². The molecule has 9 heteroatoms. The first kappa shape index (κ1) is 28.6. The van der Waals surface area contributed by atoms with Crippen molar-refractivity contribution in [2.45, 2.75) is 37.6 Å². The van der Waals surface area contributed by atoms with Crippen LogP contribution in [-0.4, -0.2) is 107 Å². The first-order valence-electron chi connectivity index (χ1n) is 15.9. The molecule has 0 bridgehead atoms. The van der Waals surface area contributed by atoms with E-state index in [1.807, 2.05) is 52.2 Å². The smallest absolute Gasteiger partial charge is 0.256 e. The Morgan fingerprint density at radius 3 is 2.34 bits per heavy atom. The molecule has 0 N–H and O–H groups in total. The SMILES string of the molecule is CN(C)CC(=O)N1CCC2(CC1)N=C(c1ccc(-c3ccc4cnccc4c3)cc1)N(CC1CCN(C(=O)C3CC3)C1)C2=O. The molecule has 1 atom stereocenters. The Morgan fingerprint density at radius 2 is 1.61 bits per heavy atom. The molecule has 9 nitrogen and oxygen atoms in total. The number of amides is 3. The van der Waals surface area contributed by atoms with Crippen molar-refractivity contribution in [3.63, 3.8) is 0 Å². The van der Waals surface area contributed by atoms with Crippen LogP contribution in [0.5, 0.6) is 0 Å². The van der Waals surface area contributed by atoms with Crippen LogP contribution >= 0.6 is 0 Å². The highest BCUT2D eigenvalue weighted by Crippen LogP contribution is 2.38. The third-order valence-corrected chi connectivity index (χ3v) is 9.70. The molecule has 2 aromatic carbocycles. The van der Waals surface area contributed by atoms with Gasteiger partial charge < -0.3 is 14.7 Å². The summed E-state index contributed by atoms with van der Waals surface area (Å²) in [6, 6.07) is 16.7. The van der Waals surface area contributed by atoms with Crippen LogP contribution in [-0.2, 0) is 14.4 Å². The van der Waals surface area contributed by atoms with E-state index in [1.54, 1.807) is 0 Å². The summed E-state index contributed by atoms with van der Waals surface area (Å²) >= 11 is 0. The van der Waals surface area contributed by atoms with E-state index in [1.165, 1.54) is 0 Å². The fourth-order valence-corrected chi connectivity index (χ4v) is 6.97. The molecular weight excluding hydrogens is 552 g/mol. The summed E-state index contributed by atoms with van der Waals surface area (Å²) in [5.41, 5.74) is 2.28. The van der Waals surface area contributed by atoms with Gasteiger partial charge in [0, 0.05) is 62.0 Å². The maximum atomic E-state index is 14.3. The number of benzene rings is 2. The lowest BCUT2D eigenvalue weighted by Crippen LogP contribution is -2.53. The minimum absolute atomic E-state index is 0.0337. The molecule has 3 aromatic rings. The molecule has 1 saturated carbocycles. The maximum Gasteiger partial charge on any atom is 0.256 e. The molecule has 3 fully saturated rings. The van der Waals surface area contributed by atoms with Gasteiger partial charge >= 0.3 is 0 Å². The summed E-state index contributed by atoms with van der Waals surface area (Å²) in [6.07, 6.45) is 7.62. The summed E-state index contributed by atoms with van der Waals surface area (Å²) in [5.74, 6) is 1.54. The number of fused-ring (bicyclic) bond motifs is 1. The van der Waals surface area contributed by atoms with Crippen molar-refractivity contribution in [1.82, 2.24) is 24.6 Å². The Hall–Kier alpha value is -4.11. The molecule has 1 aromatic heterocycles. The largest absolute Gasteiger partial charge is 0.342 e. The normalized spacial score (nSPS) is 21.5. The van der Waals surface area contributed by atoms with Gasteiger partial charge in [0.2, 0.25) is 11.8 Å². The Morgan fingerprint density at radius 1 is 0.886 bits per heavy atom. The van der Waals surface area contributed by atoms with E-state index >= 15 is 0 Å².